The maximum Gasteiger partial charge on any atom is 0.319 e. The van der Waals surface area contributed by atoms with E-state index in [0.717, 1.165) is 12.8 Å². The van der Waals surface area contributed by atoms with Crippen molar-refractivity contribution < 1.29 is 14.4 Å². The second-order valence-corrected chi connectivity index (χ2v) is 9.23. The zero-order valence-electron chi connectivity index (χ0n) is 17.5. The van der Waals surface area contributed by atoms with Gasteiger partial charge in [-0.1, -0.05) is 37.0 Å². The highest BCUT2D eigenvalue weighted by Crippen LogP contribution is 2.32. The lowest BCUT2D eigenvalue weighted by Gasteiger charge is -2.41. The van der Waals surface area contributed by atoms with Gasteiger partial charge in [0.25, 0.3) is 0 Å². The SMILES string of the molecule is CC(C)C(NC(=O)Nc1ccc(Cl)cc1Cl)C(=O)N1CCN(C(=O)C2CC2)C(C)C1. The molecule has 1 heterocycles. The molecular weight excluding hydrogens is 427 g/mol. The first-order valence-corrected chi connectivity index (χ1v) is 11.0. The van der Waals surface area contributed by atoms with Crippen LogP contribution in [0, 0.1) is 11.8 Å². The van der Waals surface area contributed by atoms with Crippen molar-refractivity contribution in [3.63, 3.8) is 0 Å². The van der Waals surface area contributed by atoms with E-state index < -0.39 is 12.1 Å². The molecule has 3 rings (SSSR count). The van der Waals surface area contributed by atoms with E-state index in [4.69, 9.17) is 23.2 Å². The van der Waals surface area contributed by atoms with Crippen molar-refractivity contribution in [1.29, 1.82) is 0 Å². The lowest BCUT2D eigenvalue weighted by Crippen LogP contribution is -2.60. The molecule has 2 aliphatic rings. The van der Waals surface area contributed by atoms with Gasteiger partial charge in [0.1, 0.15) is 6.04 Å². The molecule has 1 aliphatic heterocycles. The van der Waals surface area contributed by atoms with E-state index in [1.165, 1.54) is 6.07 Å². The minimum Gasteiger partial charge on any atom is -0.337 e. The number of benzene rings is 1. The van der Waals surface area contributed by atoms with Crippen LogP contribution in [0.3, 0.4) is 0 Å². The van der Waals surface area contributed by atoms with Crippen LogP contribution in [0.2, 0.25) is 10.0 Å². The van der Waals surface area contributed by atoms with Crippen LogP contribution in [-0.4, -0.2) is 59.4 Å². The van der Waals surface area contributed by atoms with Gasteiger partial charge in [-0.25, -0.2) is 4.79 Å². The number of carbonyl (C=O) groups excluding carboxylic acids is 3. The maximum absolute atomic E-state index is 13.1. The van der Waals surface area contributed by atoms with Gasteiger partial charge in [0.05, 0.1) is 10.7 Å². The monoisotopic (exact) mass is 454 g/mol. The molecule has 1 aromatic rings. The number of amides is 4. The Morgan fingerprint density at radius 1 is 1.13 bits per heavy atom. The lowest BCUT2D eigenvalue weighted by molar-refractivity contribution is -0.144. The standard InChI is InChI=1S/C21H28Cl2N4O3/c1-12(2)18(25-21(30)24-17-7-6-15(22)10-16(17)23)20(29)26-8-9-27(13(3)11-26)19(28)14-4-5-14/h6-7,10,12-14,18H,4-5,8-9,11H2,1-3H3,(H2,24,25,30). The number of nitrogens with zero attached hydrogens (tertiary/aromatic N) is 2. The van der Waals surface area contributed by atoms with Gasteiger partial charge in [-0.15, -0.1) is 0 Å². The molecule has 164 valence electrons. The van der Waals surface area contributed by atoms with Gasteiger partial charge < -0.3 is 20.4 Å². The summed E-state index contributed by atoms with van der Waals surface area (Å²) in [5.41, 5.74) is 0.411. The molecule has 7 nitrogen and oxygen atoms in total. The summed E-state index contributed by atoms with van der Waals surface area (Å²) in [6.45, 7) is 7.19. The molecule has 9 heteroatoms. The molecule has 4 amide bonds. The van der Waals surface area contributed by atoms with Crippen molar-refractivity contribution >= 4 is 46.7 Å². The normalized spacial score (nSPS) is 20.1. The zero-order chi connectivity index (χ0) is 22.0. The van der Waals surface area contributed by atoms with E-state index in [1.54, 1.807) is 17.0 Å². The Bertz CT molecular complexity index is 828. The van der Waals surface area contributed by atoms with Gasteiger partial charge in [-0.05, 0) is 43.9 Å². The summed E-state index contributed by atoms with van der Waals surface area (Å²) in [5, 5.41) is 6.22. The summed E-state index contributed by atoms with van der Waals surface area (Å²) in [6, 6.07) is 3.53. The molecule has 30 heavy (non-hydrogen) atoms. The number of hydrogen-bond donors (Lipinski definition) is 2. The summed E-state index contributed by atoms with van der Waals surface area (Å²) in [4.78, 5) is 41.7. The lowest BCUT2D eigenvalue weighted by atomic mass is 10.0. The molecule has 2 unspecified atom stereocenters. The van der Waals surface area contributed by atoms with Crippen LogP contribution in [-0.2, 0) is 9.59 Å². The summed E-state index contributed by atoms with van der Waals surface area (Å²) in [5.74, 6) is 0.119. The highest BCUT2D eigenvalue weighted by Gasteiger charge is 2.39. The minimum atomic E-state index is -0.686. The summed E-state index contributed by atoms with van der Waals surface area (Å²) in [6.07, 6.45) is 1.94. The molecule has 2 atom stereocenters. The Labute approximate surface area is 187 Å². The smallest absolute Gasteiger partial charge is 0.319 e. The molecule has 1 saturated heterocycles. The van der Waals surface area contributed by atoms with Gasteiger partial charge in [-0.2, -0.15) is 0 Å². The quantitative estimate of drug-likeness (QED) is 0.712. The van der Waals surface area contributed by atoms with Crippen LogP contribution in [0.5, 0.6) is 0 Å². The molecule has 1 aromatic carbocycles. The number of halogens is 2. The van der Waals surface area contributed by atoms with E-state index >= 15 is 0 Å². The number of hydrogen-bond acceptors (Lipinski definition) is 3. The van der Waals surface area contributed by atoms with Gasteiger partial charge in [-0.3, -0.25) is 9.59 Å². The van der Waals surface area contributed by atoms with Crippen molar-refractivity contribution in [3.05, 3.63) is 28.2 Å². The Morgan fingerprint density at radius 3 is 2.40 bits per heavy atom. The minimum absolute atomic E-state index is 0.0367. The van der Waals surface area contributed by atoms with Gasteiger partial charge >= 0.3 is 6.03 Å². The van der Waals surface area contributed by atoms with Crippen molar-refractivity contribution in [1.82, 2.24) is 15.1 Å². The van der Waals surface area contributed by atoms with Crippen molar-refractivity contribution in [2.45, 2.75) is 45.7 Å². The van der Waals surface area contributed by atoms with Crippen LogP contribution < -0.4 is 10.6 Å². The Kier molecular flexibility index (Phi) is 7.14. The predicted octanol–water partition coefficient (Wildman–Crippen LogP) is 3.61. The number of nitrogens with one attached hydrogen (secondary N) is 2. The first-order chi connectivity index (χ1) is 14.2. The van der Waals surface area contributed by atoms with Crippen molar-refractivity contribution in [2.24, 2.45) is 11.8 Å². The zero-order valence-corrected chi connectivity index (χ0v) is 19.0. The Balaban J connectivity index is 1.60. The second-order valence-electron chi connectivity index (χ2n) is 8.38. The molecule has 2 N–H and O–H groups in total. The predicted molar refractivity (Wildman–Crippen MR) is 118 cm³/mol. The molecule has 1 aliphatic carbocycles. The first-order valence-electron chi connectivity index (χ1n) is 10.3. The highest BCUT2D eigenvalue weighted by atomic mass is 35.5. The molecule has 2 fully saturated rings. The average molecular weight is 455 g/mol. The van der Waals surface area contributed by atoms with E-state index in [9.17, 15) is 14.4 Å². The molecular formula is C21H28Cl2N4O3. The molecule has 1 saturated carbocycles. The van der Waals surface area contributed by atoms with Gasteiger partial charge in [0.15, 0.2) is 0 Å². The molecule has 0 radical (unpaired) electrons. The summed E-state index contributed by atoms with van der Waals surface area (Å²) < 4.78 is 0. The Hall–Kier alpha value is -1.99. The fourth-order valence-electron chi connectivity index (χ4n) is 3.65. The Morgan fingerprint density at radius 2 is 1.83 bits per heavy atom. The summed E-state index contributed by atoms with van der Waals surface area (Å²) in [7, 11) is 0. The van der Waals surface area contributed by atoms with E-state index in [2.05, 4.69) is 10.6 Å². The molecule has 0 aromatic heterocycles. The van der Waals surface area contributed by atoms with Gasteiger partial charge in [0, 0.05) is 36.6 Å². The van der Waals surface area contributed by atoms with Crippen LogP contribution in [0.1, 0.15) is 33.6 Å². The van der Waals surface area contributed by atoms with Crippen LogP contribution in [0.4, 0.5) is 10.5 Å². The number of carbonyl (C=O) groups is 3. The van der Waals surface area contributed by atoms with E-state index in [0.29, 0.717) is 35.4 Å². The number of rotatable bonds is 5. The highest BCUT2D eigenvalue weighted by molar-refractivity contribution is 6.36. The van der Waals surface area contributed by atoms with Crippen LogP contribution >= 0.6 is 23.2 Å². The summed E-state index contributed by atoms with van der Waals surface area (Å²) >= 11 is 12.0. The third-order valence-corrected chi connectivity index (χ3v) is 6.10. The number of piperazine rings is 1. The van der Waals surface area contributed by atoms with Crippen LogP contribution in [0.15, 0.2) is 18.2 Å². The average Bonchev–Trinajstić information content (AvgIpc) is 3.52. The molecule has 0 spiro atoms. The van der Waals surface area contributed by atoms with E-state index in [-0.39, 0.29) is 29.7 Å². The topological polar surface area (TPSA) is 81.8 Å². The number of urea groups is 1. The van der Waals surface area contributed by atoms with Crippen molar-refractivity contribution in [3.8, 4) is 0 Å². The maximum atomic E-state index is 13.1. The fraction of sp³-hybridized carbons (Fsp3) is 0.571. The fourth-order valence-corrected chi connectivity index (χ4v) is 4.11. The van der Waals surface area contributed by atoms with Gasteiger partial charge in [0.2, 0.25) is 11.8 Å². The van der Waals surface area contributed by atoms with Crippen molar-refractivity contribution in [2.75, 3.05) is 25.0 Å². The number of anilines is 1. The first kappa shape index (κ1) is 22.7. The largest absolute Gasteiger partial charge is 0.337 e. The molecule has 0 bridgehead atoms. The third-order valence-electron chi connectivity index (χ3n) is 5.55. The van der Waals surface area contributed by atoms with E-state index in [1.807, 2.05) is 25.7 Å². The third kappa shape index (κ3) is 5.38. The second kappa shape index (κ2) is 9.43. The van der Waals surface area contributed by atoms with Crippen LogP contribution in [0.25, 0.3) is 0 Å².